The first-order valence-corrected chi connectivity index (χ1v) is 8.77. The van der Waals surface area contributed by atoms with Gasteiger partial charge >= 0.3 is 0 Å². The first-order chi connectivity index (χ1) is 8.93. The molecule has 107 valence electrons. The summed E-state index contributed by atoms with van der Waals surface area (Å²) in [7, 11) is 0. The Labute approximate surface area is 116 Å². The van der Waals surface area contributed by atoms with Gasteiger partial charge < -0.3 is 0 Å². The first kappa shape index (κ1) is 16.1. The van der Waals surface area contributed by atoms with Crippen molar-refractivity contribution >= 4 is 0 Å². The molecule has 1 aliphatic rings. The average Bonchev–Trinajstić information content (AvgIpc) is 2.89. The molecular weight excluding hydrogens is 216 g/mol. The highest BCUT2D eigenvalue weighted by atomic mass is 14.2. The second-order valence-electron chi connectivity index (χ2n) is 6.25. The quantitative estimate of drug-likeness (QED) is 0.339. The smallest absolute Gasteiger partial charge is 0.0355 e. The Balaban J connectivity index is 1.68. The highest BCUT2D eigenvalue weighted by Crippen LogP contribution is 2.28. The maximum Gasteiger partial charge on any atom is -0.0355 e. The summed E-state index contributed by atoms with van der Waals surface area (Å²) >= 11 is 0. The van der Waals surface area contributed by atoms with Crippen LogP contribution < -0.4 is 0 Å². The fourth-order valence-electron chi connectivity index (χ4n) is 3.18. The lowest BCUT2D eigenvalue weighted by molar-refractivity contribution is 0.539. The van der Waals surface area contributed by atoms with Crippen molar-refractivity contribution in [2.24, 2.45) is 5.92 Å². The lowest BCUT2D eigenvalue weighted by atomic mass is 9.99. The molecule has 0 aliphatic heterocycles. The van der Waals surface area contributed by atoms with Crippen molar-refractivity contribution in [3.63, 3.8) is 0 Å². The van der Waals surface area contributed by atoms with Crippen molar-refractivity contribution in [1.82, 2.24) is 0 Å². The summed E-state index contributed by atoms with van der Waals surface area (Å²) in [5, 5.41) is 0. The van der Waals surface area contributed by atoms with Crippen LogP contribution in [0.1, 0.15) is 103 Å². The molecule has 1 rings (SSSR count). The predicted octanol–water partition coefficient (Wildman–Crippen LogP) is 6.69. The summed E-state index contributed by atoms with van der Waals surface area (Å²) in [6, 6.07) is 0. The van der Waals surface area contributed by atoms with Gasteiger partial charge in [0.15, 0.2) is 0 Å². The number of hydrogen-bond acceptors (Lipinski definition) is 0. The van der Waals surface area contributed by atoms with Crippen LogP contribution in [0.25, 0.3) is 0 Å². The average molecular weight is 251 g/mol. The van der Waals surface area contributed by atoms with Crippen LogP contribution in [0, 0.1) is 12.3 Å². The van der Waals surface area contributed by atoms with Crippen molar-refractivity contribution < 1.29 is 0 Å². The SMILES string of the molecule is CCCCCCCCCCCC[CH]C1CCCC1. The third kappa shape index (κ3) is 9.00. The molecule has 18 heavy (non-hydrogen) atoms. The van der Waals surface area contributed by atoms with Crippen molar-refractivity contribution in [2.75, 3.05) is 0 Å². The van der Waals surface area contributed by atoms with Crippen LogP contribution in [-0.2, 0) is 0 Å². The van der Waals surface area contributed by atoms with E-state index < -0.39 is 0 Å². The van der Waals surface area contributed by atoms with Gasteiger partial charge in [-0.2, -0.15) is 0 Å². The fraction of sp³-hybridized carbons (Fsp3) is 0.944. The van der Waals surface area contributed by atoms with E-state index in [-0.39, 0.29) is 0 Å². The Morgan fingerprint density at radius 1 is 0.722 bits per heavy atom. The number of rotatable bonds is 12. The molecule has 0 heteroatoms. The molecule has 0 saturated heterocycles. The minimum atomic E-state index is 0.989. The Bertz CT molecular complexity index is 155. The molecule has 0 amide bonds. The van der Waals surface area contributed by atoms with Gasteiger partial charge in [-0.25, -0.2) is 0 Å². The molecule has 0 atom stereocenters. The van der Waals surface area contributed by atoms with E-state index in [4.69, 9.17) is 0 Å². The van der Waals surface area contributed by atoms with Crippen LogP contribution in [0.3, 0.4) is 0 Å². The molecule has 0 bridgehead atoms. The molecule has 1 radical (unpaired) electrons. The maximum atomic E-state index is 2.62. The molecule has 0 aromatic rings. The number of hydrogen-bond donors (Lipinski definition) is 0. The zero-order valence-corrected chi connectivity index (χ0v) is 12.8. The highest BCUT2D eigenvalue weighted by molar-refractivity contribution is 4.80. The lowest BCUT2D eigenvalue weighted by Crippen LogP contribution is -1.93. The van der Waals surface area contributed by atoms with Crippen molar-refractivity contribution in [3.05, 3.63) is 6.42 Å². The normalized spacial score (nSPS) is 16.5. The van der Waals surface area contributed by atoms with Gasteiger partial charge in [-0.15, -0.1) is 0 Å². The summed E-state index contributed by atoms with van der Waals surface area (Å²) in [6.07, 6.45) is 24.5. The van der Waals surface area contributed by atoms with E-state index in [1.165, 1.54) is 96.3 Å². The van der Waals surface area contributed by atoms with E-state index in [0.29, 0.717) is 0 Å². The van der Waals surface area contributed by atoms with Crippen LogP contribution in [0.15, 0.2) is 0 Å². The van der Waals surface area contributed by atoms with E-state index in [1.807, 2.05) is 0 Å². The summed E-state index contributed by atoms with van der Waals surface area (Å²) in [4.78, 5) is 0. The summed E-state index contributed by atoms with van der Waals surface area (Å²) in [5.41, 5.74) is 0. The van der Waals surface area contributed by atoms with E-state index >= 15 is 0 Å². The van der Waals surface area contributed by atoms with Crippen LogP contribution in [-0.4, -0.2) is 0 Å². The molecule has 1 fully saturated rings. The number of unbranched alkanes of at least 4 members (excludes halogenated alkanes) is 10. The van der Waals surface area contributed by atoms with E-state index in [2.05, 4.69) is 13.3 Å². The Morgan fingerprint density at radius 2 is 1.22 bits per heavy atom. The topological polar surface area (TPSA) is 0 Å². The molecular formula is C18H35. The monoisotopic (exact) mass is 251 g/mol. The standard InChI is InChI=1S/C18H35/c1-2-3-4-5-6-7-8-9-10-11-12-15-18-16-13-14-17-18/h15,18H,2-14,16-17H2,1H3. The van der Waals surface area contributed by atoms with Gasteiger partial charge in [0.2, 0.25) is 0 Å². The second-order valence-corrected chi connectivity index (χ2v) is 6.25. The van der Waals surface area contributed by atoms with Gasteiger partial charge in [0, 0.05) is 0 Å². The van der Waals surface area contributed by atoms with Crippen molar-refractivity contribution in [1.29, 1.82) is 0 Å². The van der Waals surface area contributed by atoms with Crippen LogP contribution in [0.4, 0.5) is 0 Å². The second kappa shape index (κ2) is 12.1. The van der Waals surface area contributed by atoms with Gasteiger partial charge in [0.1, 0.15) is 0 Å². The van der Waals surface area contributed by atoms with E-state index in [0.717, 1.165) is 5.92 Å². The molecule has 0 heterocycles. The van der Waals surface area contributed by atoms with Crippen LogP contribution in [0.5, 0.6) is 0 Å². The predicted molar refractivity (Wildman–Crippen MR) is 82.7 cm³/mol. The van der Waals surface area contributed by atoms with Crippen LogP contribution >= 0.6 is 0 Å². The summed E-state index contributed by atoms with van der Waals surface area (Å²) < 4.78 is 0. The molecule has 0 N–H and O–H groups in total. The minimum absolute atomic E-state index is 0.989. The third-order valence-electron chi connectivity index (χ3n) is 4.46. The third-order valence-corrected chi connectivity index (χ3v) is 4.46. The zero-order chi connectivity index (χ0) is 12.9. The lowest BCUT2D eigenvalue weighted by Gasteiger charge is -2.07. The Morgan fingerprint density at radius 3 is 1.78 bits per heavy atom. The molecule has 0 aromatic carbocycles. The van der Waals surface area contributed by atoms with Gasteiger partial charge in [-0.05, 0) is 18.8 Å². The fourth-order valence-corrected chi connectivity index (χ4v) is 3.18. The van der Waals surface area contributed by atoms with E-state index in [1.54, 1.807) is 0 Å². The molecule has 0 nitrogen and oxygen atoms in total. The van der Waals surface area contributed by atoms with Gasteiger partial charge in [-0.3, -0.25) is 0 Å². The molecule has 1 aliphatic carbocycles. The van der Waals surface area contributed by atoms with Crippen molar-refractivity contribution in [2.45, 2.75) is 103 Å². The first-order valence-electron chi connectivity index (χ1n) is 8.77. The summed E-state index contributed by atoms with van der Waals surface area (Å²) in [6.45, 7) is 2.29. The molecule has 1 saturated carbocycles. The zero-order valence-electron chi connectivity index (χ0n) is 12.8. The largest absolute Gasteiger partial charge is 0.0654 e. The van der Waals surface area contributed by atoms with Gasteiger partial charge in [0.25, 0.3) is 0 Å². The molecule has 0 aromatic heterocycles. The minimum Gasteiger partial charge on any atom is -0.0654 e. The van der Waals surface area contributed by atoms with Crippen molar-refractivity contribution in [3.8, 4) is 0 Å². The Kier molecular flexibility index (Phi) is 10.8. The van der Waals surface area contributed by atoms with Gasteiger partial charge in [-0.1, -0.05) is 96.8 Å². The highest BCUT2D eigenvalue weighted by Gasteiger charge is 2.13. The molecule has 0 spiro atoms. The Hall–Kier alpha value is 0. The maximum absolute atomic E-state index is 2.62. The van der Waals surface area contributed by atoms with E-state index in [9.17, 15) is 0 Å². The van der Waals surface area contributed by atoms with Crippen LogP contribution in [0.2, 0.25) is 0 Å². The molecule has 0 unspecified atom stereocenters. The van der Waals surface area contributed by atoms with Gasteiger partial charge in [0.05, 0.1) is 0 Å². The summed E-state index contributed by atoms with van der Waals surface area (Å²) in [5.74, 6) is 0.989.